The number of para-hydroxylation sites is 1. The van der Waals surface area contributed by atoms with Gasteiger partial charge < -0.3 is 25.4 Å². The van der Waals surface area contributed by atoms with Crippen LogP contribution < -0.4 is 10.6 Å². The summed E-state index contributed by atoms with van der Waals surface area (Å²) >= 11 is 0. The van der Waals surface area contributed by atoms with Crippen LogP contribution >= 0.6 is 0 Å². The molecule has 5 rings (SSSR count). The molecule has 4 heterocycles. The number of ether oxygens (including phenoxy) is 1. The molecule has 0 aliphatic carbocycles. The lowest BCUT2D eigenvalue weighted by Crippen LogP contribution is -2.55. The number of carbonyl (C=O) groups excluding carboxylic acids is 3. The van der Waals surface area contributed by atoms with Crippen molar-refractivity contribution in [1.29, 1.82) is 0 Å². The zero-order valence-corrected chi connectivity index (χ0v) is 19.1. The van der Waals surface area contributed by atoms with Crippen molar-refractivity contribution < 1.29 is 24.2 Å². The third kappa shape index (κ3) is 3.45. The number of aromatic nitrogens is 3. The lowest BCUT2D eigenvalue weighted by Gasteiger charge is -2.33. The van der Waals surface area contributed by atoms with Gasteiger partial charge in [-0.1, -0.05) is 17.3 Å². The van der Waals surface area contributed by atoms with Crippen LogP contribution in [0, 0.1) is 11.8 Å². The van der Waals surface area contributed by atoms with E-state index in [0.717, 1.165) is 17.5 Å². The number of rotatable bonds is 9. The second kappa shape index (κ2) is 8.95. The van der Waals surface area contributed by atoms with E-state index in [1.807, 2.05) is 24.3 Å². The van der Waals surface area contributed by atoms with Crippen LogP contribution in [0.1, 0.15) is 32.1 Å². The Bertz CT molecular complexity index is 1100. The Balaban J connectivity index is 1.40. The van der Waals surface area contributed by atoms with Gasteiger partial charge in [0.2, 0.25) is 17.7 Å². The minimum Gasteiger partial charge on any atom is -0.396 e. The molecule has 34 heavy (non-hydrogen) atoms. The first-order valence-electron chi connectivity index (χ1n) is 11.9. The molecule has 3 amide bonds. The van der Waals surface area contributed by atoms with Gasteiger partial charge in [0, 0.05) is 20.2 Å². The van der Waals surface area contributed by atoms with Crippen molar-refractivity contribution in [3.8, 4) is 0 Å². The zero-order chi connectivity index (χ0) is 23.9. The highest BCUT2D eigenvalue weighted by molar-refractivity contribution is 5.98. The molecule has 3 fully saturated rings. The van der Waals surface area contributed by atoms with Crippen molar-refractivity contribution in [3.63, 3.8) is 0 Å². The molecule has 0 saturated carbocycles. The van der Waals surface area contributed by atoms with Crippen LogP contribution in [0.5, 0.6) is 0 Å². The molecular formula is C23H30N6O5. The summed E-state index contributed by atoms with van der Waals surface area (Å²) in [4.78, 5) is 41.5. The second-order valence-electron chi connectivity index (χ2n) is 9.26. The summed E-state index contributed by atoms with van der Waals surface area (Å²) in [5.41, 5.74) is 0.507. The van der Waals surface area contributed by atoms with Crippen LogP contribution in [-0.4, -0.2) is 80.7 Å². The van der Waals surface area contributed by atoms with E-state index in [0.29, 0.717) is 32.2 Å². The van der Waals surface area contributed by atoms with E-state index in [1.54, 1.807) is 16.6 Å². The van der Waals surface area contributed by atoms with Gasteiger partial charge in [-0.15, -0.1) is 5.10 Å². The zero-order valence-electron chi connectivity index (χ0n) is 19.1. The highest BCUT2D eigenvalue weighted by atomic mass is 16.5. The van der Waals surface area contributed by atoms with Gasteiger partial charge in [-0.3, -0.25) is 14.4 Å². The standard InChI is InChI=1S/C23H30N6O5/c1-24-20(31)17-16-9-10-23(34-16)18(17)22(33)28(11-5-2-6-12-30)19(23)21(32)25-13-29-15-8-4-3-7-14(15)26-27-29/h3-4,7-8,16-19,30H,2,5-6,9-13H2,1H3,(H,24,31)(H,25,32)/t16-,17+,18-,19?,23?/m0/s1. The molecular weight excluding hydrogens is 440 g/mol. The maximum Gasteiger partial charge on any atom is 0.247 e. The van der Waals surface area contributed by atoms with E-state index >= 15 is 0 Å². The molecule has 11 heteroatoms. The SMILES string of the molecule is CNC(=O)[C@@H]1[C@@H]2CCC3(O2)C(C(=O)NCn2nnc4ccccc42)N(CCCCCO)C(=O)[C@H]13. The monoisotopic (exact) mass is 470 g/mol. The van der Waals surface area contributed by atoms with Gasteiger partial charge in [0.05, 0.1) is 23.5 Å². The molecule has 1 aromatic heterocycles. The lowest BCUT2D eigenvalue weighted by atomic mass is 9.70. The highest BCUT2D eigenvalue weighted by Crippen LogP contribution is 2.58. The summed E-state index contributed by atoms with van der Waals surface area (Å²) in [5.74, 6) is -2.02. The maximum absolute atomic E-state index is 13.6. The highest BCUT2D eigenvalue weighted by Gasteiger charge is 2.74. The molecule has 11 nitrogen and oxygen atoms in total. The maximum atomic E-state index is 13.6. The van der Waals surface area contributed by atoms with Gasteiger partial charge in [-0.2, -0.15) is 0 Å². The molecule has 1 aromatic carbocycles. The Labute approximate surface area is 196 Å². The quantitative estimate of drug-likeness (QED) is 0.431. The summed E-state index contributed by atoms with van der Waals surface area (Å²) < 4.78 is 7.93. The number of amides is 3. The number of carbonyl (C=O) groups is 3. The van der Waals surface area contributed by atoms with Crippen molar-refractivity contribution in [2.45, 2.75) is 56.5 Å². The molecule has 2 aromatic rings. The van der Waals surface area contributed by atoms with E-state index in [9.17, 15) is 14.4 Å². The minimum absolute atomic E-state index is 0.0832. The molecule has 5 atom stereocenters. The van der Waals surface area contributed by atoms with Gasteiger partial charge in [0.1, 0.15) is 23.8 Å². The van der Waals surface area contributed by atoms with Crippen molar-refractivity contribution in [3.05, 3.63) is 24.3 Å². The van der Waals surface area contributed by atoms with Crippen LogP contribution in [0.4, 0.5) is 0 Å². The van der Waals surface area contributed by atoms with Crippen LogP contribution in [-0.2, 0) is 25.8 Å². The molecule has 3 N–H and O–H groups in total. The molecule has 3 aliphatic heterocycles. The summed E-state index contributed by atoms with van der Waals surface area (Å²) in [6.07, 6.45) is 2.85. The fourth-order valence-electron chi connectivity index (χ4n) is 6.02. The average Bonchev–Trinajstić information content (AvgIpc) is 3.59. The summed E-state index contributed by atoms with van der Waals surface area (Å²) in [7, 11) is 1.56. The number of fused-ring (bicyclic) bond motifs is 2. The van der Waals surface area contributed by atoms with Gasteiger partial charge in [0.25, 0.3) is 0 Å². The van der Waals surface area contributed by atoms with Crippen LogP contribution in [0.3, 0.4) is 0 Å². The predicted molar refractivity (Wildman–Crippen MR) is 120 cm³/mol. The Kier molecular flexibility index (Phi) is 5.98. The fraction of sp³-hybridized carbons (Fsp3) is 0.609. The van der Waals surface area contributed by atoms with E-state index < -0.39 is 23.5 Å². The van der Waals surface area contributed by atoms with E-state index in [2.05, 4.69) is 20.9 Å². The number of benzene rings is 1. The van der Waals surface area contributed by atoms with E-state index in [-0.39, 0.29) is 37.1 Å². The Morgan fingerprint density at radius 1 is 1.24 bits per heavy atom. The number of likely N-dealkylation sites (tertiary alicyclic amines) is 1. The first-order valence-corrected chi connectivity index (χ1v) is 11.9. The molecule has 3 aliphatic rings. The third-order valence-corrected chi connectivity index (χ3v) is 7.48. The van der Waals surface area contributed by atoms with Gasteiger partial charge in [-0.05, 0) is 44.2 Å². The number of hydrogen-bond acceptors (Lipinski definition) is 7. The summed E-state index contributed by atoms with van der Waals surface area (Å²) in [6.45, 7) is 0.557. The van der Waals surface area contributed by atoms with Gasteiger partial charge >= 0.3 is 0 Å². The Hall–Kier alpha value is -3.05. The second-order valence-corrected chi connectivity index (χ2v) is 9.26. The smallest absolute Gasteiger partial charge is 0.247 e. The molecule has 3 saturated heterocycles. The van der Waals surface area contributed by atoms with Crippen LogP contribution in [0.15, 0.2) is 24.3 Å². The fourth-order valence-corrected chi connectivity index (χ4v) is 6.02. The van der Waals surface area contributed by atoms with Crippen LogP contribution in [0.2, 0.25) is 0 Å². The van der Waals surface area contributed by atoms with E-state index in [1.165, 1.54) is 0 Å². The average molecular weight is 471 g/mol. The number of nitrogens with one attached hydrogen (secondary N) is 2. The predicted octanol–water partition coefficient (Wildman–Crippen LogP) is -0.212. The lowest BCUT2D eigenvalue weighted by molar-refractivity contribution is -0.142. The number of nitrogens with zero attached hydrogens (tertiary/aromatic N) is 4. The topological polar surface area (TPSA) is 139 Å². The Morgan fingerprint density at radius 2 is 2.06 bits per heavy atom. The molecule has 1 spiro atoms. The number of unbranched alkanes of at least 4 members (excludes halogenated alkanes) is 2. The largest absolute Gasteiger partial charge is 0.396 e. The number of aliphatic hydroxyl groups excluding tert-OH is 1. The van der Waals surface area contributed by atoms with Crippen molar-refractivity contribution >= 4 is 28.8 Å². The molecule has 2 unspecified atom stereocenters. The number of hydrogen-bond donors (Lipinski definition) is 3. The molecule has 2 bridgehead atoms. The van der Waals surface area contributed by atoms with Crippen molar-refractivity contribution in [2.75, 3.05) is 20.2 Å². The minimum atomic E-state index is -1.01. The molecule has 0 radical (unpaired) electrons. The number of aliphatic hydroxyl groups is 1. The first kappa shape index (κ1) is 22.7. The van der Waals surface area contributed by atoms with E-state index in [4.69, 9.17) is 9.84 Å². The van der Waals surface area contributed by atoms with Gasteiger partial charge in [0.15, 0.2) is 0 Å². The Morgan fingerprint density at radius 3 is 2.85 bits per heavy atom. The van der Waals surface area contributed by atoms with Crippen molar-refractivity contribution in [2.24, 2.45) is 11.8 Å². The normalized spacial score (nSPS) is 29.6. The van der Waals surface area contributed by atoms with Gasteiger partial charge in [-0.25, -0.2) is 4.68 Å². The van der Waals surface area contributed by atoms with Crippen molar-refractivity contribution in [1.82, 2.24) is 30.5 Å². The molecule has 182 valence electrons. The van der Waals surface area contributed by atoms with Crippen LogP contribution in [0.25, 0.3) is 11.0 Å². The third-order valence-electron chi connectivity index (χ3n) is 7.48. The summed E-state index contributed by atoms with van der Waals surface area (Å²) in [5, 5.41) is 22.9. The summed E-state index contributed by atoms with van der Waals surface area (Å²) in [6, 6.07) is 6.64. The first-order chi connectivity index (χ1) is 16.5.